The van der Waals surface area contributed by atoms with Crippen molar-refractivity contribution >= 4 is 16.9 Å². The zero-order valence-electron chi connectivity index (χ0n) is 14.6. The van der Waals surface area contributed by atoms with E-state index < -0.39 is 0 Å². The Labute approximate surface area is 148 Å². The number of nitrogens with two attached hydrogens (primary N) is 1. The van der Waals surface area contributed by atoms with Gasteiger partial charge in [-0.2, -0.15) is 0 Å². The zero-order valence-corrected chi connectivity index (χ0v) is 14.6. The normalized spacial score (nSPS) is 11.0. The molecule has 0 saturated heterocycles. The highest BCUT2D eigenvalue weighted by atomic mass is 16.2. The second-order valence-corrected chi connectivity index (χ2v) is 6.14. The average Bonchev–Trinajstić information content (AvgIpc) is 2.95. The van der Waals surface area contributed by atoms with Gasteiger partial charge in [-0.15, -0.1) is 0 Å². The lowest BCUT2D eigenvalue weighted by atomic mass is 10.1. The molecule has 130 valence electrons. The highest BCUT2D eigenvalue weighted by Crippen LogP contribution is 2.15. The van der Waals surface area contributed by atoms with Gasteiger partial charge in [0.05, 0.1) is 11.0 Å². The van der Waals surface area contributed by atoms with Crippen LogP contribution < -0.4 is 5.73 Å². The van der Waals surface area contributed by atoms with Crippen molar-refractivity contribution < 1.29 is 4.79 Å². The number of imidazole rings is 1. The maximum Gasteiger partial charge on any atom is 0.242 e. The molecule has 3 aromatic rings. The van der Waals surface area contributed by atoms with Crippen molar-refractivity contribution in [1.82, 2.24) is 14.5 Å². The Kier molecular flexibility index (Phi) is 5.46. The molecule has 3 rings (SSSR count). The molecule has 0 atom stereocenters. The van der Waals surface area contributed by atoms with E-state index in [4.69, 9.17) is 5.73 Å². The van der Waals surface area contributed by atoms with E-state index in [1.807, 2.05) is 58.9 Å². The number of carbonyl (C=O) groups excluding carboxylic acids is 1. The minimum Gasteiger partial charge on any atom is -0.340 e. The number of amides is 1. The fourth-order valence-corrected chi connectivity index (χ4v) is 3.06. The van der Waals surface area contributed by atoms with Crippen LogP contribution in [0.15, 0.2) is 54.6 Å². The van der Waals surface area contributed by atoms with Gasteiger partial charge in [-0.05, 0) is 31.0 Å². The SMILES string of the molecule is Cc1nc2ccccc2n1CC(=O)N(CCN)CCc1ccccc1. The number of aryl methyl sites for hydroxylation is 1. The molecular formula is C20H24N4O. The van der Waals surface area contributed by atoms with Gasteiger partial charge < -0.3 is 15.2 Å². The Balaban J connectivity index is 1.72. The van der Waals surface area contributed by atoms with Gasteiger partial charge in [0.1, 0.15) is 12.4 Å². The van der Waals surface area contributed by atoms with E-state index in [0.717, 1.165) is 23.3 Å². The minimum atomic E-state index is 0.0765. The molecule has 0 fully saturated rings. The van der Waals surface area contributed by atoms with Gasteiger partial charge in [-0.1, -0.05) is 42.5 Å². The second-order valence-electron chi connectivity index (χ2n) is 6.14. The summed E-state index contributed by atoms with van der Waals surface area (Å²) in [6, 6.07) is 18.1. The van der Waals surface area contributed by atoms with E-state index in [9.17, 15) is 4.79 Å². The summed E-state index contributed by atoms with van der Waals surface area (Å²) in [6.45, 7) is 3.93. The number of benzene rings is 2. The van der Waals surface area contributed by atoms with Crippen LogP contribution >= 0.6 is 0 Å². The zero-order chi connectivity index (χ0) is 17.6. The van der Waals surface area contributed by atoms with E-state index in [1.165, 1.54) is 5.56 Å². The quantitative estimate of drug-likeness (QED) is 0.720. The summed E-state index contributed by atoms with van der Waals surface area (Å²) in [5.74, 6) is 0.929. The van der Waals surface area contributed by atoms with Crippen LogP contribution in [0.4, 0.5) is 0 Å². The fraction of sp³-hybridized carbons (Fsp3) is 0.300. The van der Waals surface area contributed by atoms with Crippen molar-refractivity contribution in [1.29, 1.82) is 0 Å². The van der Waals surface area contributed by atoms with Crippen molar-refractivity contribution in [3.8, 4) is 0 Å². The molecule has 1 amide bonds. The molecule has 0 aliphatic heterocycles. The van der Waals surface area contributed by atoms with Gasteiger partial charge in [-0.3, -0.25) is 4.79 Å². The summed E-state index contributed by atoms with van der Waals surface area (Å²) in [4.78, 5) is 19.2. The number of nitrogens with zero attached hydrogens (tertiary/aromatic N) is 3. The monoisotopic (exact) mass is 336 g/mol. The third-order valence-corrected chi connectivity index (χ3v) is 4.40. The third-order valence-electron chi connectivity index (χ3n) is 4.40. The summed E-state index contributed by atoms with van der Waals surface area (Å²) in [7, 11) is 0. The van der Waals surface area contributed by atoms with Gasteiger partial charge in [0.25, 0.3) is 0 Å². The Hall–Kier alpha value is -2.66. The molecule has 1 heterocycles. The lowest BCUT2D eigenvalue weighted by molar-refractivity contribution is -0.131. The predicted molar refractivity (Wildman–Crippen MR) is 100 cm³/mol. The first-order chi connectivity index (χ1) is 12.2. The first-order valence-corrected chi connectivity index (χ1v) is 8.62. The first-order valence-electron chi connectivity index (χ1n) is 8.62. The molecule has 0 saturated carbocycles. The third kappa shape index (κ3) is 4.06. The number of hydrogen-bond acceptors (Lipinski definition) is 3. The largest absolute Gasteiger partial charge is 0.340 e. The fourth-order valence-electron chi connectivity index (χ4n) is 3.06. The Morgan fingerprint density at radius 2 is 1.80 bits per heavy atom. The molecule has 0 aliphatic carbocycles. The van der Waals surface area contributed by atoms with Gasteiger partial charge in [0.15, 0.2) is 0 Å². The molecule has 25 heavy (non-hydrogen) atoms. The molecule has 0 unspecified atom stereocenters. The summed E-state index contributed by atoms with van der Waals surface area (Å²) in [6.07, 6.45) is 0.830. The van der Waals surface area contributed by atoms with Crippen molar-refractivity contribution in [2.24, 2.45) is 5.73 Å². The Bertz CT molecular complexity index is 841. The second kappa shape index (κ2) is 7.94. The van der Waals surface area contributed by atoms with Gasteiger partial charge in [0, 0.05) is 19.6 Å². The predicted octanol–water partition coefficient (Wildman–Crippen LogP) is 2.37. The summed E-state index contributed by atoms with van der Waals surface area (Å²) >= 11 is 0. The number of hydrogen-bond donors (Lipinski definition) is 1. The topological polar surface area (TPSA) is 64.2 Å². The van der Waals surface area contributed by atoms with E-state index in [0.29, 0.717) is 26.2 Å². The van der Waals surface area contributed by atoms with Crippen LogP contribution in [0.1, 0.15) is 11.4 Å². The number of fused-ring (bicyclic) bond motifs is 1. The highest BCUT2D eigenvalue weighted by molar-refractivity contribution is 5.81. The van der Waals surface area contributed by atoms with Crippen molar-refractivity contribution in [2.75, 3.05) is 19.6 Å². The van der Waals surface area contributed by atoms with Gasteiger partial charge >= 0.3 is 0 Å². The van der Waals surface area contributed by atoms with E-state index >= 15 is 0 Å². The number of carbonyl (C=O) groups is 1. The van der Waals surface area contributed by atoms with E-state index in [1.54, 1.807) is 0 Å². The van der Waals surface area contributed by atoms with Crippen molar-refractivity contribution in [2.45, 2.75) is 19.9 Å². The summed E-state index contributed by atoms with van der Waals surface area (Å²) in [5.41, 5.74) is 8.85. The molecule has 2 aromatic carbocycles. The molecule has 0 aliphatic rings. The van der Waals surface area contributed by atoms with E-state index in [-0.39, 0.29) is 5.91 Å². The van der Waals surface area contributed by atoms with Crippen LogP contribution in [0, 0.1) is 6.92 Å². The van der Waals surface area contributed by atoms with Crippen LogP contribution in [-0.4, -0.2) is 40.0 Å². The van der Waals surface area contributed by atoms with Crippen LogP contribution in [0.3, 0.4) is 0 Å². The molecule has 0 spiro atoms. The highest BCUT2D eigenvalue weighted by Gasteiger charge is 2.16. The Morgan fingerprint density at radius 3 is 2.56 bits per heavy atom. The molecule has 2 N–H and O–H groups in total. The molecular weight excluding hydrogens is 312 g/mol. The maximum absolute atomic E-state index is 12.8. The van der Waals surface area contributed by atoms with Crippen LogP contribution in [0.2, 0.25) is 0 Å². The van der Waals surface area contributed by atoms with E-state index in [2.05, 4.69) is 17.1 Å². The van der Waals surface area contributed by atoms with Crippen LogP contribution in [0.25, 0.3) is 11.0 Å². The standard InChI is InChI=1S/C20H24N4O/c1-16-22-18-9-5-6-10-19(18)24(16)15-20(25)23(14-12-21)13-11-17-7-3-2-4-8-17/h2-10H,11-15,21H2,1H3. The minimum absolute atomic E-state index is 0.0765. The lowest BCUT2D eigenvalue weighted by Crippen LogP contribution is -2.39. The maximum atomic E-state index is 12.8. The first kappa shape index (κ1) is 17.2. The number of rotatable bonds is 7. The van der Waals surface area contributed by atoms with Gasteiger partial charge in [0.2, 0.25) is 5.91 Å². The molecule has 1 aromatic heterocycles. The molecule has 0 radical (unpaired) electrons. The summed E-state index contributed by atoms with van der Waals surface area (Å²) in [5, 5.41) is 0. The lowest BCUT2D eigenvalue weighted by Gasteiger charge is -2.23. The van der Waals surface area contributed by atoms with Crippen LogP contribution in [-0.2, 0) is 17.8 Å². The van der Waals surface area contributed by atoms with Crippen molar-refractivity contribution in [3.05, 3.63) is 66.0 Å². The average molecular weight is 336 g/mol. The van der Waals surface area contributed by atoms with Crippen molar-refractivity contribution in [3.63, 3.8) is 0 Å². The number of aromatic nitrogens is 2. The molecule has 0 bridgehead atoms. The number of para-hydroxylation sites is 2. The summed E-state index contributed by atoms with van der Waals surface area (Å²) < 4.78 is 1.98. The van der Waals surface area contributed by atoms with Gasteiger partial charge in [-0.25, -0.2) is 4.98 Å². The smallest absolute Gasteiger partial charge is 0.242 e. The van der Waals surface area contributed by atoms with Crippen LogP contribution in [0.5, 0.6) is 0 Å². The molecule has 5 nitrogen and oxygen atoms in total. The Morgan fingerprint density at radius 1 is 1.08 bits per heavy atom. The molecule has 5 heteroatoms.